The minimum absolute atomic E-state index is 0.191. The molecule has 2 saturated heterocycles. The molecular weight excluding hydrogens is 302 g/mol. The van der Waals surface area contributed by atoms with Crippen molar-refractivity contribution in [2.24, 2.45) is 0 Å². The first-order valence-corrected chi connectivity index (χ1v) is 9.48. The number of hydrogen-bond donors (Lipinski definition) is 0. The van der Waals surface area contributed by atoms with Crippen LogP contribution in [0.4, 0.5) is 6.01 Å². The lowest BCUT2D eigenvalue weighted by atomic mass is 10.2. The molecule has 118 valence electrons. The van der Waals surface area contributed by atoms with Gasteiger partial charge in [-0.15, -0.1) is 0 Å². The first-order chi connectivity index (χ1) is 10.6. The molecule has 1 aromatic carbocycles. The van der Waals surface area contributed by atoms with Crippen LogP contribution in [0.15, 0.2) is 28.7 Å². The second-order valence-corrected chi connectivity index (χ2v) is 8.27. The van der Waals surface area contributed by atoms with Crippen LogP contribution in [0.25, 0.3) is 11.1 Å². The topological polar surface area (TPSA) is 66.7 Å². The molecule has 2 aliphatic rings. The summed E-state index contributed by atoms with van der Waals surface area (Å²) in [5.74, 6) is 0.652. The molecule has 0 amide bonds. The Hall–Kier alpha value is -1.60. The average Bonchev–Trinajstić information content (AvgIpc) is 3.10. The van der Waals surface area contributed by atoms with Crippen molar-refractivity contribution in [1.29, 1.82) is 0 Å². The summed E-state index contributed by atoms with van der Waals surface area (Å²) < 4.78 is 29.0. The summed E-state index contributed by atoms with van der Waals surface area (Å²) in [5, 5.41) is 0. The van der Waals surface area contributed by atoms with Gasteiger partial charge in [-0.25, -0.2) is 8.42 Å². The van der Waals surface area contributed by atoms with E-state index in [9.17, 15) is 8.42 Å². The number of aromatic nitrogens is 1. The van der Waals surface area contributed by atoms with Gasteiger partial charge < -0.3 is 9.32 Å². The second-order valence-electron chi connectivity index (χ2n) is 6.04. The number of sulfone groups is 1. The standard InChI is InChI=1S/C15H19N3O3S/c19-22(20)10-5-12(11-22)17-6-8-18(9-7-17)15-16-13-3-1-2-4-14(13)21-15/h1-4,12H,5-11H2/t12-/m0/s1. The van der Waals surface area contributed by atoms with Crippen LogP contribution >= 0.6 is 0 Å². The van der Waals surface area contributed by atoms with Gasteiger partial charge in [0.2, 0.25) is 0 Å². The number of oxazole rings is 1. The third-order valence-corrected chi connectivity index (χ3v) is 6.34. The van der Waals surface area contributed by atoms with Gasteiger partial charge in [0.05, 0.1) is 11.5 Å². The maximum absolute atomic E-state index is 11.6. The summed E-state index contributed by atoms with van der Waals surface area (Å²) >= 11 is 0. The van der Waals surface area contributed by atoms with E-state index in [1.165, 1.54) is 0 Å². The van der Waals surface area contributed by atoms with Gasteiger partial charge in [-0.2, -0.15) is 4.98 Å². The quantitative estimate of drug-likeness (QED) is 0.826. The average molecular weight is 321 g/mol. The Balaban J connectivity index is 1.43. The van der Waals surface area contributed by atoms with Gasteiger partial charge in [0.1, 0.15) is 5.52 Å². The van der Waals surface area contributed by atoms with Crippen molar-refractivity contribution in [2.75, 3.05) is 42.6 Å². The Morgan fingerprint density at radius 3 is 2.59 bits per heavy atom. The predicted octanol–water partition coefficient (Wildman–Crippen LogP) is 1.14. The molecule has 2 fully saturated rings. The summed E-state index contributed by atoms with van der Waals surface area (Å²) in [6, 6.07) is 8.62. The lowest BCUT2D eigenvalue weighted by Gasteiger charge is -2.36. The minimum atomic E-state index is -2.81. The molecule has 22 heavy (non-hydrogen) atoms. The van der Waals surface area contributed by atoms with Crippen LogP contribution in [0.2, 0.25) is 0 Å². The Bertz CT molecular complexity index is 745. The van der Waals surface area contributed by atoms with Crippen LogP contribution in [-0.4, -0.2) is 62.0 Å². The van der Waals surface area contributed by atoms with Gasteiger partial charge in [-0.3, -0.25) is 4.90 Å². The molecular formula is C15H19N3O3S. The molecule has 4 rings (SSSR count). The van der Waals surface area contributed by atoms with Crippen molar-refractivity contribution in [3.8, 4) is 0 Å². The summed E-state index contributed by atoms with van der Waals surface area (Å²) in [6.45, 7) is 3.37. The summed E-state index contributed by atoms with van der Waals surface area (Å²) in [5.41, 5.74) is 1.68. The first-order valence-electron chi connectivity index (χ1n) is 7.66. The highest BCUT2D eigenvalue weighted by molar-refractivity contribution is 7.91. The van der Waals surface area contributed by atoms with Gasteiger partial charge in [-0.05, 0) is 18.6 Å². The van der Waals surface area contributed by atoms with Crippen LogP contribution in [-0.2, 0) is 9.84 Å². The van der Waals surface area contributed by atoms with Crippen LogP contribution in [0, 0.1) is 0 Å². The highest BCUT2D eigenvalue weighted by Crippen LogP contribution is 2.24. The molecule has 1 atom stereocenters. The highest BCUT2D eigenvalue weighted by atomic mass is 32.2. The number of fused-ring (bicyclic) bond motifs is 1. The zero-order valence-corrected chi connectivity index (χ0v) is 13.1. The third kappa shape index (κ3) is 2.59. The van der Waals surface area contributed by atoms with E-state index in [1.54, 1.807) is 0 Å². The molecule has 1 aromatic heterocycles. The number of nitrogens with zero attached hydrogens (tertiary/aromatic N) is 3. The zero-order valence-electron chi connectivity index (χ0n) is 12.3. The fourth-order valence-electron chi connectivity index (χ4n) is 3.34. The van der Waals surface area contributed by atoms with E-state index < -0.39 is 9.84 Å². The minimum Gasteiger partial charge on any atom is -0.423 e. The Morgan fingerprint density at radius 2 is 1.91 bits per heavy atom. The van der Waals surface area contributed by atoms with Crippen molar-refractivity contribution in [3.63, 3.8) is 0 Å². The first kappa shape index (κ1) is 14.0. The predicted molar refractivity (Wildman–Crippen MR) is 84.9 cm³/mol. The van der Waals surface area contributed by atoms with E-state index >= 15 is 0 Å². The fraction of sp³-hybridized carbons (Fsp3) is 0.533. The number of piperazine rings is 1. The zero-order chi connectivity index (χ0) is 15.2. The SMILES string of the molecule is O=S1(=O)CC[C@H](N2CCN(c3nc4ccccc4o3)CC2)C1. The molecule has 0 spiro atoms. The Labute approximate surface area is 129 Å². The van der Waals surface area contributed by atoms with Crippen LogP contribution < -0.4 is 4.90 Å². The third-order valence-electron chi connectivity index (χ3n) is 4.59. The van der Waals surface area contributed by atoms with E-state index in [2.05, 4.69) is 14.8 Å². The van der Waals surface area contributed by atoms with E-state index in [-0.39, 0.29) is 6.04 Å². The Kier molecular flexibility index (Phi) is 3.34. The van der Waals surface area contributed by atoms with E-state index in [0.29, 0.717) is 17.5 Å². The molecule has 0 radical (unpaired) electrons. The monoisotopic (exact) mass is 321 g/mol. The summed E-state index contributed by atoms with van der Waals surface area (Å²) in [4.78, 5) is 8.96. The molecule has 0 N–H and O–H groups in total. The second kappa shape index (κ2) is 5.24. The molecule has 2 aromatic rings. The maximum atomic E-state index is 11.6. The number of para-hydroxylation sites is 2. The molecule has 0 aliphatic carbocycles. The molecule has 0 saturated carbocycles. The van der Waals surface area contributed by atoms with Crippen LogP contribution in [0.1, 0.15) is 6.42 Å². The van der Waals surface area contributed by atoms with Crippen molar-refractivity contribution < 1.29 is 12.8 Å². The number of hydrogen-bond acceptors (Lipinski definition) is 6. The van der Waals surface area contributed by atoms with E-state index in [0.717, 1.165) is 43.7 Å². The number of benzene rings is 1. The maximum Gasteiger partial charge on any atom is 0.298 e. The van der Waals surface area contributed by atoms with Crippen molar-refractivity contribution in [2.45, 2.75) is 12.5 Å². The lowest BCUT2D eigenvalue weighted by Crippen LogP contribution is -2.50. The Morgan fingerprint density at radius 1 is 1.14 bits per heavy atom. The van der Waals surface area contributed by atoms with E-state index in [4.69, 9.17) is 4.42 Å². The van der Waals surface area contributed by atoms with Gasteiger partial charge in [0, 0.05) is 32.2 Å². The lowest BCUT2D eigenvalue weighted by molar-refractivity contribution is 0.198. The smallest absolute Gasteiger partial charge is 0.298 e. The van der Waals surface area contributed by atoms with Gasteiger partial charge in [-0.1, -0.05) is 12.1 Å². The molecule has 0 unspecified atom stereocenters. The van der Waals surface area contributed by atoms with Crippen molar-refractivity contribution in [1.82, 2.24) is 9.88 Å². The number of rotatable bonds is 2. The molecule has 6 nitrogen and oxygen atoms in total. The van der Waals surface area contributed by atoms with Crippen LogP contribution in [0.5, 0.6) is 0 Å². The molecule has 2 aliphatic heterocycles. The molecule has 0 bridgehead atoms. The van der Waals surface area contributed by atoms with E-state index in [1.807, 2.05) is 24.3 Å². The summed E-state index contributed by atoms with van der Waals surface area (Å²) in [6.07, 6.45) is 0.769. The van der Waals surface area contributed by atoms with Crippen molar-refractivity contribution >= 4 is 27.0 Å². The largest absolute Gasteiger partial charge is 0.423 e. The van der Waals surface area contributed by atoms with Gasteiger partial charge >= 0.3 is 0 Å². The highest BCUT2D eigenvalue weighted by Gasteiger charge is 2.34. The van der Waals surface area contributed by atoms with Crippen LogP contribution in [0.3, 0.4) is 0 Å². The molecule has 3 heterocycles. The molecule has 7 heteroatoms. The fourth-order valence-corrected chi connectivity index (χ4v) is 5.10. The number of anilines is 1. The summed E-state index contributed by atoms with van der Waals surface area (Å²) in [7, 11) is -2.81. The van der Waals surface area contributed by atoms with Crippen molar-refractivity contribution in [3.05, 3.63) is 24.3 Å². The normalized spacial score (nSPS) is 25.8. The van der Waals surface area contributed by atoms with Gasteiger partial charge in [0.15, 0.2) is 15.4 Å². The van der Waals surface area contributed by atoms with Gasteiger partial charge in [0.25, 0.3) is 6.01 Å².